The quantitative estimate of drug-likeness (QED) is 0.399. The molecule has 2 nitrogen and oxygen atoms in total. The van der Waals surface area contributed by atoms with Crippen LogP contribution < -0.4 is 0 Å². The highest BCUT2D eigenvalue weighted by molar-refractivity contribution is 5.90. The third kappa shape index (κ3) is 6.61. The van der Waals surface area contributed by atoms with Gasteiger partial charge in [-0.3, -0.25) is 9.18 Å². The minimum Gasteiger partial charge on any atom is -0.500 e. The molecular weight excluding hydrogens is 252 g/mol. The van der Waals surface area contributed by atoms with Gasteiger partial charge in [0.25, 0.3) is 0 Å². The fraction of sp³-hybridized carbons (Fsp3) is 0.750. The van der Waals surface area contributed by atoms with Gasteiger partial charge in [0.2, 0.25) is 0 Å². The van der Waals surface area contributed by atoms with E-state index >= 15 is 0 Å². The predicted molar refractivity (Wildman–Crippen MR) is 59.8 cm³/mol. The fourth-order valence-corrected chi connectivity index (χ4v) is 1.58. The third-order valence-electron chi connectivity index (χ3n) is 2.38. The molecule has 0 aliphatic rings. The SMILES string of the molecule is CO/C(=C\C(=O)CCCF)C(C)(C)CC(F)(F)F. The lowest BCUT2D eigenvalue weighted by atomic mass is 9.85. The lowest BCUT2D eigenvalue weighted by Crippen LogP contribution is -2.25. The summed E-state index contributed by atoms with van der Waals surface area (Å²) in [5, 5.41) is 0. The Morgan fingerprint density at radius 1 is 1.28 bits per heavy atom. The molecule has 0 radical (unpaired) electrons. The van der Waals surface area contributed by atoms with E-state index in [1.807, 2.05) is 0 Å². The first-order chi connectivity index (χ1) is 8.12. The number of carbonyl (C=O) groups is 1. The molecule has 0 heterocycles. The number of hydrogen-bond acceptors (Lipinski definition) is 2. The molecule has 0 amide bonds. The number of alkyl halides is 4. The summed E-state index contributed by atoms with van der Waals surface area (Å²) in [5.41, 5.74) is -1.32. The van der Waals surface area contributed by atoms with Crippen LogP contribution in [0.2, 0.25) is 0 Å². The highest BCUT2D eigenvalue weighted by Crippen LogP contribution is 2.38. The van der Waals surface area contributed by atoms with Gasteiger partial charge in [0, 0.05) is 17.9 Å². The molecule has 0 spiro atoms. The van der Waals surface area contributed by atoms with Crippen molar-refractivity contribution in [3.05, 3.63) is 11.8 Å². The van der Waals surface area contributed by atoms with Gasteiger partial charge in [0.1, 0.15) is 5.76 Å². The van der Waals surface area contributed by atoms with Crippen LogP contribution in [0.15, 0.2) is 11.8 Å². The van der Waals surface area contributed by atoms with E-state index < -0.39 is 30.5 Å². The van der Waals surface area contributed by atoms with Crippen molar-refractivity contribution in [3.63, 3.8) is 0 Å². The van der Waals surface area contributed by atoms with E-state index in [0.717, 1.165) is 6.08 Å². The zero-order valence-electron chi connectivity index (χ0n) is 10.7. The van der Waals surface area contributed by atoms with Gasteiger partial charge in [-0.1, -0.05) is 13.8 Å². The smallest absolute Gasteiger partial charge is 0.390 e. The van der Waals surface area contributed by atoms with Crippen LogP contribution in [0, 0.1) is 5.41 Å². The first-order valence-electron chi connectivity index (χ1n) is 5.54. The topological polar surface area (TPSA) is 26.3 Å². The molecule has 18 heavy (non-hydrogen) atoms. The van der Waals surface area contributed by atoms with E-state index in [1.165, 1.54) is 21.0 Å². The molecule has 0 aromatic carbocycles. The molecule has 0 aliphatic heterocycles. The Balaban J connectivity index is 4.84. The lowest BCUT2D eigenvalue weighted by molar-refractivity contribution is -0.154. The van der Waals surface area contributed by atoms with Crippen molar-refractivity contribution in [3.8, 4) is 0 Å². The van der Waals surface area contributed by atoms with Gasteiger partial charge in [-0.05, 0) is 6.42 Å². The average molecular weight is 270 g/mol. The van der Waals surface area contributed by atoms with Crippen molar-refractivity contribution in [1.82, 2.24) is 0 Å². The van der Waals surface area contributed by atoms with Crippen LogP contribution in [0.1, 0.15) is 33.1 Å². The third-order valence-corrected chi connectivity index (χ3v) is 2.38. The molecule has 0 aromatic heterocycles. The highest BCUT2D eigenvalue weighted by Gasteiger charge is 2.39. The van der Waals surface area contributed by atoms with Crippen LogP contribution in [-0.4, -0.2) is 25.7 Å². The highest BCUT2D eigenvalue weighted by atomic mass is 19.4. The molecule has 0 saturated heterocycles. The first-order valence-corrected chi connectivity index (χ1v) is 5.54. The van der Waals surface area contributed by atoms with Gasteiger partial charge < -0.3 is 4.74 Å². The maximum atomic E-state index is 12.4. The Hall–Kier alpha value is -1.07. The van der Waals surface area contributed by atoms with Crippen LogP contribution in [-0.2, 0) is 9.53 Å². The van der Waals surface area contributed by atoms with Crippen molar-refractivity contribution >= 4 is 5.78 Å². The molecule has 0 rings (SSSR count). The number of methoxy groups -OCH3 is 1. The van der Waals surface area contributed by atoms with Gasteiger partial charge in [-0.15, -0.1) is 0 Å². The Bertz CT molecular complexity index is 306. The van der Waals surface area contributed by atoms with Crippen molar-refractivity contribution in [2.45, 2.75) is 39.3 Å². The minimum absolute atomic E-state index is 0.0363. The summed E-state index contributed by atoms with van der Waals surface area (Å²) in [6, 6.07) is 0. The van der Waals surface area contributed by atoms with E-state index in [1.54, 1.807) is 0 Å². The van der Waals surface area contributed by atoms with Gasteiger partial charge in [-0.25, -0.2) is 0 Å². The second kappa shape index (κ2) is 6.75. The molecule has 6 heteroatoms. The second-order valence-electron chi connectivity index (χ2n) is 4.65. The number of allylic oxidation sites excluding steroid dienone is 2. The van der Waals surface area contributed by atoms with E-state index in [9.17, 15) is 22.4 Å². The molecular formula is C12H18F4O2. The summed E-state index contributed by atoms with van der Waals surface area (Å²) in [6.07, 6.45) is -4.38. The standard InChI is InChI=1S/C12H18F4O2/c1-11(2,8-12(14,15)16)10(18-3)7-9(17)5-4-6-13/h7H,4-6,8H2,1-3H3/b10-7-. The summed E-state index contributed by atoms with van der Waals surface area (Å²) in [6.45, 7) is 2.06. The molecule has 0 fully saturated rings. The number of halogens is 4. The number of carbonyl (C=O) groups excluding carboxylic acids is 1. The van der Waals surface area contributed by atoms with Crippen LogP contribution in [0.3, 0.4) is 0 Å². The van der Waals surface area contributed by atoms with Crippen LogP contribution >= 0.6 is 0 Å². The molecule has 0 bridgehead atoms. The second-order valence-corrected chi connectivity index (χ2v) is 4.65. The monoisotopic (exact) mass is 270 g/mol. The normalized spacial score (nSPS) is 13.6. The van der Waals surface area contributed by atoms with Crippen LogP contribution in [0.25, 0.3) is 0 Å². The predicted octanol–water partition coefficient (Wildman–Crippen LogP) is 3.81. The maximum absolute atomic E-state index is 12.4. The molecule has 0 N–H and O–H groups in total. The summed E-state index contributed by atoms with van der Waals surface area (Å²) in [5.74, 6) is -0.469. The van der Waals surface area contributed by atoms with Gasteiger partial charge in [0.05, 0.1) is 20.2 Å². The molecule has 0 aromatic rings. The Labute approximate surface area is 104 Å². The van der Waals surface area contributed by atoms with E-state index in [2.05, 4.69) is 0 Å². The first kappa shape index (κ1) is 16.9. The van der Waals surface area contributed by atoms with Crippen molar-refractivity contribution < 1.29 is 27.1 Å². The average Bonchev–Trinajstić information content (AvgIpc) is 2.19. The summed E-state index contributed by atoms with van der Waals surface area (Å²) >= 11 is 0. The van der Waals surface area contributed by atoms with Crippen molar-refractivity contribution in [1.29, 1.82) is 0 Å². The molecule has 0 unspecified atom stereocenters. The Kier molecular flexibility index (Phi) is 6.35. The maximum Gasteiger partial charge on any atom is 0.390 e. The summed E-state index contributed by atoms with van der Waals surface area (Å²) in [7, 11) is 1.21. The van der Waals surface area contributed by atoms with Gasteiger partial charge in [-0.2, -0.15) is 13.2 Å². The van der Waals surface area contributed by atoms with Crippen molar-refractivity contribution in [2.24, 2.45) is 5.41 Å². The Morgan fingerprint density at radius 3 is 2.22 bits per heavy atom. The molecule has 0 saturated carbocycles. The zero-order chi connectivity index (χ0) is 14.4. The minimum atomic E-state index is -4.34. The molecule has 106 valence electrons. The molecule has 0 atom stereocenters. The number of ether oxygens (including phenoxy) is 1. The molecule has 0 aliphatic carbocycles. The summed E-state index contributed by atoms with van der Waals surface area (Å²) in [4.78, 5) is 11.4. The number of ketones is 1. The van der Waals surface area contributed by atoms with E-state index in [-0.39, 0.29) is 18.6 Å². The summed E-state index contributed by atoms with van der Waals surface area (Å²) < 4.78 is 53.8. The van der Waals surface area contributed by atoms with Crippen LogP contribution in [0.5, 0.6) is 0 Å². The Morgan fingerprint density at radius 2 is 1.83 bits per heavy atom. The fourth-order valence-electron chi connectivity index (χ4n) is 1.58. The lowest BCUT2D eigenvalue weighted by Gasteiger charge is -2.27. The van der Waals surface area contributed by atoms with Crippen molar-refractivity contribution in [2.75, 3.05) is 13.8 Å². The zero-order valence-corrected chi connectivity index (χ0v) is 10.7. The van der Waals surface area contributed by atoms with Crippen LogP contribution in [0.4, 0.5) is 17.6 Å². The largest absolute Gasteiger partial charge is 0.500 e. The van der Waals surface area contributed by atoms with Gasteiger partial charge in [0.15, 0.2) is 5.78 Å². The van der Waals surface area contributed by atoms with Gasteiger partial charge >= 0.3 is 6.18 Å². The van der Waals surface area contributed by atoms with E-state index in [0.29, 0.717) is 0 Å². The number of rotatable bonds is 7. The number of hydrogen-bond donors (Lipinski definition) is 0. The van der Waals surface area contributed by atoms with E-state index in [4.69, 9.17) is 4.74 Å².